The molecule has 4 N–H and O–H groups in total. The molecular weight excluding hydrogens is 814 g/mol. The van der Waals surface area contributed by atoms with Crippen LogP contribution < -0.4 is 0 Å². The van der Waals surface area contributed by atoms with Gasteiger partial charge in [0.05, 0.1) is 32.0 Å². The van der Waals surface area contributed by atoms with Gasteiger partial charge in [-0.05, 0) is 70.6 Å². The summed E-state index contributed by atoms with van der Waals surface area (Å²) in [5, 5.41) is 9.75. The van der Waals surface area contributed by atoms with Gasteiger partial charge in [-0.2, -0.15) is 0 Å². The van der Waals surface area contributed by atoms with Crippen LogP contribution in [0.3, 0.4) is 0 Å². The van der Waals surface area contributed by atoms with Crippen molar-refractivity contribution in [3.63, 3.8) is 0 Å². The highest BCUT2D eigenvalue weighted by Gasteiger charge is 2.36. The monoisotopic (exact) mass is 892 g/mol. The van der Waals surface area contributed by atoms with Crippen LogP contribution in [0.25, 0.3) is 0 Å². The molecule has 3 unspecified atom stereocenters. The van der Waals surface area contributed by atoms with E-state index in [-0.39, 0.29) is 12.8 Å². The Labute approximate surface area is 360 Å². The number of carbonyl (C=O) groups is 2. The van der Waals surface area contributed by atoms with E-state index in [0.29, 0.717) is 31.5 Å². The quantitative estimate of drug-likeness (QED) is 0.0148. The molecule has 14 nitrogen and oxygen atoms in total. The molecule has 1 saturated heterocycles. The van der Waals surface area contributed by atoms with Gasteiger partial charge in [0, 0.05) is 12.8 Å². The third kappa shape index (κ3) is 36.7. The lowest BCUT2D eigenvalue weighted by Gasteiger charge is -2.20. The van der Waals surface area contributed by atoms with Gasteiger partial charge in [-0.3, -0.25) is 23.2 Å². The Bertz CT molecular complexity index is 1310. The molecule has 1 aliphatic rings. The Morgan fingerprint density at radius 3 is 1.77 bits per heavy atom. The van der Waals surface area contributed by atoms with Crippen molar-refractivity contribution in [2.45, 2.75) is 192 Å². The van der Waals surface area contributed by atoms with Crippen molar-refractivity contribution in [2.24, 2.45) is 0 Å². The summed E-state index contributed by atoms with van der Waals surface area (Å²) in [6, 6.07) is 0. The molecule has 0 aliphatic carbocycles. The van der Waals surface area contributed by atoms with Gasteiger partial charge in [0.1, 0.15) is 12.7 Å². The molecule has 0 amide bonds. The van der Waals surface area contributed by atoms with E-state index in [0.717, 1.165) is 64.2 Å². The fraction of sp³-hybridized carbons (Fsp3) is 0.773. The van der Waals surface area contributed by atoms with E-state index in [1.807, 2.05) is 12.2 Å². The first kappa shape index (κ1) is 56.1. The second kappa shape index (κ2) is 36.5. The lowest BCUT2D eigenvalue weighted by Crippen LogP contribution is -2.29. The molecule has 60 heavy (non-hydrogen) atoms. The van der Waals surface area contributed by atoms with Crippen molar-refractivity contribution >= 4 is 27.6 Å². The molecule has 16 heteroatoms. The fourth-order valence-electron chi connectivity index (χ4n) is 6.08. The molecule has 0 aromatic carbocycles. The number of rotatable bonds is 41. The number of ether oxygens (including phenoxy) is 3. The van der Waals surface area contributed by atoms with Crippen LogP contribution in [0.2, 0.25) is 0 Å². The summed E-state index contributed by atoms with van der Waals surface area (Å²) >= 11 is 0. The molecule has 5 atom stereocenters. The predicted molar refractivity (Wildman–Crippen MR) is 234 cm³/mol. The zero-order chi connectivity index (χ0) is 44.2. The Kier molecular flexibility index (Phi) is 34.1. The zero-order valence-electron chi connectivity index (χ0n) is 36.5. The molecule has 1 fully saturated rings. The second-order valence-corrected chi connectivity index (χ2v) is 18.0. The van der Waals surface area contributed by atoms with E-state index in [9.17, 15) is 28.7 Å². The van der Waals surface area contributed by atoms with E-state index < -0.39 is 66.2 Å². The first-order chi connectivity index (χ1) is 28.8. The van der Waals surface area contributed by atoms with Crippen molar-refractivity contribution in [3.05, 3.63) is 48.6 Å². The van der Waals surface area contributed by atoms with Gasteiger partial charge in [0.15, 0.2) is 6.10 Å². The first-order valence-electron chi connectivity index (χ1n) is 22.5. The molecule has 0 aromatic heterocycles. The Morgan fingerprint density at radius 1 is 0.583 bits per heavy atom. The number of aliphatic hydroxyl groups is 1. The van der Waals surface area contributed by atoms with Gasteiger partial charge >= 0.3 is 27.6 Å². The number of hydrogen-bond acceptors (Lipinski definition) is 11. The minimum atomic E-state index is -4.87. The molecule has 348 valence electrons. The maximum absolute atomic E-state index is 12.7. The van der Waals surface area contributed by atoms with Crippen molar-refractivity contribution < 1.29 is 66.3 Å². The van der Waals surface area contributed by atoms with Gasteiger partial charge in [-0.1, -0.05) is 133 Å². The highest BCUT2D eigenvalue weighted by molar-refractivity contribution is 7.47. The molecule has 0 radical (unpaired) electrons. The van der Waals surface area contributed by atoms with Crippen LogP contribution in [0.5, 0.6) is 0 Å². The summed E-state index contributed by atoms with van der Waals surface area (Å²) in [4.78, 5) is 52.7. The smallest absolute Gasteiger partial charge is 0.462 e. The Balaban J connectivity index is 2.39. The van der Waals surface area contributed by atoms with E-state index in [4.69, 9.17) is 28.5 Å². The molecular formula is C44H78O14P2. The summed E-state index contributed by atoms with van der Waals surface area (Å²) < 4.78 is 53.4. The minimum absolute atomic E-state index is 0.0492. The molecule has 1 rings (SSSR count). The number of phosphoric acid groups is 2. The second-order valence-electron chi connectivity index (χ2n) is 15.4. The Hall–Kier alpha value is -1.96. The van der Waals surface area contributed by atoms with Crippen LogP contribution >= 0.6 is 15.6 Å². The zero-order valence-corrected chi connectivity index (χ0v) is 38.3. The SMILES string of the molecule is CCCCCCCC/C=C\CCCCCCCC(=O)OC[C@H](COP(=O)(O)OC[C@@H](O)COP(=O)(O)O)OC(=O)CCC/C=C\C/C=C\C/C=C\CC1OC1CCCCC. The number of allylic oxidation sites excluding steroid dienone is 7. The van der Waals surface area contributed by atoms with E-state index in [2.05, 4.69) is 59.4 Å². The summed E-state index contributed by atoms with van der Waals surface area (Å²) in [6.45, 7) is 1.65. The molecule has 0 aromatic rings. The van der Waals surface area contributed by atoms with Gasteiger partial charge in [0.25, 0.3) is 0 Å². The van der Waals surface area contributed by atoms with Crippen LogP contribution in [0.15, 0.2) is 48.6 Å². The largest absolute Gasteiger partial charge is 0.472 e. The molecule has 0 saturated carbocycles. The molecule has 0 spiro atoms. The van der Waals surface area contributed by atoms with Gasteiger partial charge < -0.3 is 34.0 Å². The third-order valence-corrected chi connectivity index (χ3v) is 11.0. The van der Waals surface area contributed by atoms with Crippen LogP contribution in [0.1, 0.15) is 168 Å². The Morgan fingerprint density at radius 2 is 1.10 bits per heavy atom. The van der Waals surface area contributed by atoms with E-state index >= 15 is 0 Å². The number of epoxide rings is 1. The number of aliphatic hydroxyl groups excluding tert-OH is 1. The number of unbranched alkanes of at least 4 members (excludes halogenated alkanes) is 14. The van der Waals surface area contributed by atoms with Gasteiger partial charge in [-0.15, -0.1) is 0 Å². The van der Waals surface area contributed by atoms with Crippen molar-refractivity contribution in [1.82, 2.24) is 0 Å². The topological polar surface area (TPSA) is 208 Å². The van der Waals surface area contributed by atoms with Crippen LogP contribution in [-0.4, -0.2) is 82.6 Å². The van der Waals surface area contributed by atoms with Crippen LogP contribution in [0, 0.1) is 0 Å². The summed E-state index contributed by atoms with van der Waals surface area (Å²) in [7, 11) is -9.70. The maximum atomic E-state index is 12.7. The van der Waals surface area contributed by atoms with Crippen LogP contribution in [-0.2, 0) is 46.5 Å². The lowest BCUT2D eigenvalue weighted by atomic mass is 10.1. The highest BCUT2D eigenvalue weighted by Crippen LogP contribution is 2.44. The summed E-state index contributed by atoms with van der Waals surface area (Å²) in [5.41, 5.74) is 0. The number of hydrogen-bond donors (Lipinski definition) is 4. The van der Waals surface area contributed by atoms with Crippen molar-refractivity contribution in [3.8, 4) is 0 Å². The summed E-state index contributed by atoms with van der Waals surface area (Å²) in [5.74, 6) is -1.11. The highest BCUT2D eigenvalue weighted by atomic mass is 31.2. The average Bonchev–Trinajstić information content (AvgIpc) is 3.96. The van der Waals surface area contributed by atoms with Crippen LogP contribution in [0.4, 0.5) is 0 Å². The molecule has 1 aliphatic heterocycles. The summed E-state index contributed by atoms with van der Waals surface area (Å²) in [6.07, 6.45) is 38.5. The van der Waals surface area contributed by atoms with Crippen molar-refractivity contribution in [1.29, 1.82) is 0 Å². The molecule has 0 bridgehead atoms. The van der Waals surface area contributed by atoms with Gasteiger partial charge in [-0.25, -0.2) is 9.13 Å². The number of carbonyl (C=O) groups excluding carboxylic acids is 2. The maximum Gasteiger partial charge on any atom is 0.472 e. The molecule has 1 heterocycles. The minimum Gasteiger partial charge on any atom is -0.462 e. The average molecular weight is 893 g/mol. The first-order valence-corrected chi connectivity index (χ1v) is 25.5. The number of phosphoric ester groups is 2. The predicted octanol–water partition coefficient (Wildman–Crippen LogP) is 10.4. The van der Waals surface area contributed by atoms with E-state index in [1.165, 1.54) is 57.8 Å². The normalized spacial score (nSPS) is 17.8. The standard InChI is InChI=1S/C44H78O14P2/c1-3-5-7-8-9-10-11-12-13-14-15-19-22-25-29-33-43(46)53-37-40(38-56-60(51,52)55-36-39(45)35-54-59(48,49)50)57-44(47)34-30-26-23-20-17-16-18-21-24-28-32-42-41(58-42)31-27-6-4-2/h12-13,16,18,20,23-24,28,39-42,45H,3-11,14-15,17,19,21-22,25-27,29-38H2,1-2H3,(H,51,52)(H2,48,49,50)/b13-12-,18-16-,23-20-,28-24-/t39-,40+,41?,42?/m0/s1. The van der Waals surface area contributed by atoms with Gasteiger partial charge in [0.2, 0.25) is 0 Å². The number of esters is 2. The van der Waals surface area contributed by atoms with Crippen molar-refractivity contribution in [2.75, 3.05) is 26.4 Å². The van der Waals surface area contributed by atoms with E-state index in [1.54, 1.807) is 0 Å². The lowest BCUT2D eigenvalue weighted by molar-refractivity contribution is -0.161. The third-order valence-electron chi connectivity index (χ3n) is 9.60. The fourth-order valence-corrected chi connectivity index (χ4v) is 7.23.